The summed E-state index contributed by atoms with van der Waals surface area (Å²) in [6, 6.07) is 0. The zero-order valence-electron chi connectivity index (χ0n) is 6.18. The van der Waals surface area contributed by atoms with E-state index in [0.29, 0.717) is 5.75 Å². The van der Waals surface area contributed by atoms with Gasteiger partial charge in [-0.05, 0) is 6.92 Å². The lowest BCUT2D eigenvalue weighted by Crippen LogP contribution is -2.04. The van der Waals surface area contributed by atoms with E-state index in [1.807, 2.05) is 12.3 Å². The Morgan fingerprint density at radius 2 is 2.25 bits per heavy atom. The SMILES string of the molecule is Cc1csc(SCC(Cl)(Cl)Cl)n1. The lowest BCUT2D eigenvalue weighted by atomic mass is 10.6. The number of hydrogen-bond donors (Lipinski definition) is 0. The number of rotatable bonds is 2. The number of thiazole rings is 1. The van der Waals surface area contributed by atoms with Crippen molar-refractivity contribution < 1.29 is 0 Å². The van der Waals surface area contributed by atoms with Gasteiger partial charge >= 0.3 is 0 Å². The topological polar surface area (TPSA) is 12.9 Å². The van der Waals surface area contributed by atoms with E-state index < -0.39 is 3.79 Å². The minimum absolute atomic E-state index is 0.435. The maximum absolute atomic E-state index is 5.58. The fraction of sp³-hybridized carbons (Fsp3) is 0.500. The van der Waals surface area contributed by atoms with Gasteiger partial charge in [0.15, 0.2) is 3.79 Å². The van der Waals surface area contributed by atoms with Crippen LogP contribution in [-0.4, -0.2) is 14.5 Å². The van der Waals surface area contributed by atoms with Crippen molar-refractivity contribution in [2.45, 2.75) is 15.1 Å². The average molecular weight is 263 g/mol. The van der Waals surface area contributed by atoms with Crippen LogP contribution in [0.5, 0.6) is 0 Å². The van der Waals surface area contributed by atoms with E-state index >= 15 is 0 Å². The van der Waals surface area contributed by atoms with Crippen LogP contribution in [0, 0.1) is 6.92 Å². The Kier molecular flexibility index (Phi) is 3.99. The number of thioether (sulfide) groups is 1. The fourth-order valence-corrected chi connectivity index (χ4v) is 2.64. The highest BCUT2D eigenvalue weighted by atomic mass is 35.6. The molecule has 12 heavy (non-hydrogen) atoms. The molecule has 1 aromatic heterocycles. The maximum Gasteiger partial charge on any atom is 0.199 e. The van der Waals surface area contributed by atoms with Crippen LogP contribution < -0.4 is 0 Å². The summed E-state index contributed by atoms with van der Waals surface area (Å²) < 4.78 is -0.247. The van der Waals surface area contributed by atoms with E-state index in [4.69, 9.17) is 34.8 Å². The average Bonchev–Trinajstić information content (AvgIpc) is 2.30. The van der Waals surface area contributed by atoms with Crippen molar-refractivity contribution in [2.24, 2.45) is 0 Å². The van der Waals surface area contributed by atoms with E-state index in [1.54, 1.807) is 11.3 Å². The standard InChI is InChI=1S/C6H6Cl3NS2/c1-4-2-11-5(10-4)12-3-6(7,8)9/h2H,3H2,1H3. The molecule has 1 rings (SSSR count). The van der Waals surface area contributed by atoms with Gasteiger partial charge in [-0.2, -0.15) is 0 Å². The molecule has 0 saturated heterocycles. The summed E-state index contributed by atoms with van der Waals surface area (Å²) in [5.41, 5.74) is 1.01. The van der Waals surface area contributed by atoms with Crippen LogP contribution in [-0.2, 0) is 0 Å². The second-order valence-corrected chi connectivity index (χ2v) is 6.76. The second kappa shape index (κ2) is 4.38. The van der Waals surface area contributed by atoms with Gasteiger partial charge in [0.1, 0.15) is 4.34 Å². The summed E-state index contributed by atoms with van der Waals surface area (Å²) in [7, 11) is 0. The third kappa shape index (κ3) is 4.19. The molecule has 68 valence electrons. The molecule has 0 atom stereocenters. The zero-order chi connectivity index (χ0) is 9.19. The lowest BCUT2D eigenvalue weighted by molar-refractivity contribution is 1.15. The molecule has 0 fully saturated rings. The van der Waals surface area contributed by atoms with Gasteiger partial charge in [-0.15, -0.1) is 11.3 Å². The monoisotopic (exact) mass is 261 g/mol. The van der Waals surface area contributed by atoms with E-state index in [1.165, 1.54) is 11.8 Å². The molecule has 0 aliphatic carbocycles. The van der Waals surface area contributed by atoms with Crippen LogP contribution in [0.15, 0.2) is 9.72 Å². The summed E-state index contributed by atoms with van der Waals surface area (Å²) in [5.74, 6) is 0.435. The Labute approximate surface area is 94.4 Å². The molecule has 0 N–H and O–H groups in total. The molecule has 0 aromatic carbocycles. The van der Waals surface area contributed by atoms with Crippen LogP contribution in [0.4, 0.5) is 0 Å². The molecule has 0 spiro atoms. The van der Waals surface area contributed by atoms with Crippen LogP contribution in [0.25, 0.3) is 0 Å². The van der Waals surface area contributed by atoms with Gasteiger partial charge in [0.25, 0.3) is 0 Å². The van der Waals surface area contributed by atoms with Gasteiger partial charge in [-0.1, -0.05) is 46.6 Å². The molecular weight excluding hydrogens is 257 g/mol. The van der Waals surface area contributed by atoms with E-state index in [0.717, 1.165) is 10.0 Å². The molecule has 1 nitrogen and oxygen atoms in total. The molecule has 0 saturated carbocycles. The van der Waals surface area contributed by atoms with Gasteiger partial charge in [0, 0.05) is 16.8 Å². The second-order valence-electron chi connectivity index (χ2n) is 2.16. The summed E-state index contributed by atoms with van der Waals surface area (Å²) >= 11 is 19.8. The Balaban J connectivity index is 2.44. The summed E-state index contributed by atoms with van der Waals surface area (Å²) in [6.45, 7) is 1.94. The molecular formula is C6H6Cl3NS2. The smallest absolute Gasteiger partial charge is 0.199 e. The molecule has 0 aliphatic rings. The third-order valence-electron chi connectivity index (χ3n) is 0.957. The predicted octanol–water partition coefficient (Wildman–Crippen LogP) is 3.91. The molecule has 1 aromatic rings. The zero-order valence-corrected chi connectivity index (χ0v) is 10.1. The number of nitrogens with zero attached hydrogens (tertiary/aromatic N) is 1. The molecule has 0 radical (unpaired) electrons. The van der Waals surface area contributed by atoms with Gasteiger partial charge < -0.3 is 0 Å². The molecule has 0 unspecified atom stereocenters. The van der Waals surface area contributed by atoms with Crippen molar-refractivity contribution in [3.8, 4) is 0 Å². The van der Waals surface area contributed by atoms with Crippen molar-refractivity contribution in [3.05, 3.63) is 11.1 Å². The number of aromatic nitrogens is 1. The minimum atomic E-state index is -1.19. The van der Waals surface area contributed by atoms with Crippen molar-refractivity contribution >= 4 is 57.9 Å². The van der Waals surface area contributed by atoms with Crippen LogP contribution in [0.1, 0.15) is 5.69 Å². The molecule has 1 heterocycles. The first-order valence-electron chi connectivity index (χ1n) is 3.09. The van der Waals surface area contributed by atoms with Crippen LogP contribution in [0.3, 0.4) is 0 Å². The minimum Gasteiger partial charge on any atom is -0.235 e. The summed E-state index contributed by atoms with van der Waals surface area (Å²) in [4.78, 5) is 4.22. The Morgan fingerprint density at radius 3 is 2.67 bits per heavy atom. The Morgan fingerprint density at radius 1 is 1.58 bits per heavy atom. The lowest BCUT2D eigenvalue weighted by Gasteiger charge is -2.07. The van der Waals surface area contributed by atoms with Crippen LogP contribution in [0.2, 0.25) is 0 Å². The van der Waals surface area contributed by atoms with Gasteiger partial charge in [0.05, 0.1) is 0 Å². The largest absolute Gasteiger partial charge is 0.235 e. The van der Waals surface area contributed by atoms with Crippen molar-refractivity contribution in [2.75, 3.05) is 5.75 Å². The summed E-state index contributed by atoms with van der Waals surface area (Å²) in [6.07, 6.45) is 0. The van der Waals surface area contributed by atoms with E-state index in [2.05, 4.69) is 4.98 Å². The predicted molar refractivity (Wildman–Crippen MR) is 57.9 cm³/mol. The van der Waals surface area contributed by atoms with Crippen molar-refractivity contribution in [1.29, 1.82) is 0 Å². The molecule has 0 aliphatic heterocycles. The third-order valence-corrected chi connectivity index (χ3v) is 4.14. The highest BCUT2D eigenvalue weighted by Crippen LogP contribution is 2.34. The molecule has 6 heteroatoms. The number of aryl methyl sites for hydroxylation is 1. The molecule has 0 bridgehead atoms. The van der Waals surface area contributed by atoms with Gasteiger partial charge in [0.2, 0.25) is 0 Å². The number of alkyl halides is 3. The first-order chi connectivity index (χ1) is 5.47. The Bertz CT molecular complexity index is 256. The van der Waals surface area contributed by atoms with Crippen LogP contribution >= 0.6 is 57.9 Å². The first kappa shape index (κ1) is 10.9. The quantitative estimate of drug-likeness (QED) is 0.592. The first-order valence-corrected chi connectivity index (χ1v) is 6.09. The molecule has 0 amide bonds. The Hall–Kier alpha value is 0.850. The van der Waals surface area contributed by atoms with Gasteiger partial charge in [-0.25, -0.2) is 4.98 Å². The van der Waals surface area contributed by atoms with E-state index in [-0.39, 0.29) is 0 Å². The highest BCUT2D eigenvalue weighted by molar-refractivity contribution is 8.01. The normalized spacial score (nSPS) is 12.0. The number of hydrogen-bond acceptors (Lipinski definition) is 3. The number of halogens is 3. The van der Waals surface area contributed by atoms with E-state index in [9.17, 15) is 0 Å². The van der Waals surface area contributed by atoms with Gasteiger partial charge in [-0.3, -0.25) is 0 Å². The van der Waals surface area contributed by atoms with Crippen molar-refractivity contribution in [3.63, 3.8) is 0 Å². The van der Waals surface area contributed by atoms with Crippen molar-refractivity contribution in [1.82, 2.24) is 4.98 Å². The maximum atomic E-state index is 5.58. The summed E-state index contributed by atoms with van der Waals surface area (Å²) in [5, 5.41) is 1.97. The highest BCUT2D eigenvalue weighted by Gasteiger charge is 2.20. The fourth-order valence-electron chi connectivity index (χ4n) is 0.542.